The van der Waals surface area contributed by atoms with Gasteiger partial charge in [0.2, 0.25) is 0 Å². The zero-order chi connectivity index (χ0) is 39.2. The summed E-state index contributed by atoms with van der Waals surface area (Å²) in [5.74, 6) is 0.859. The van der Waals surface area contributed by atoms with E-state index < -0.39 is 14.9 Å². The lowest BCUT2D eigenvalue weighted by Gasteiger charge is -2.36. The minimum atomic E-state index is -4.25. The summed E-state index contributed by atoms with van der Waals surface area (Å²) in [5, 5.41) is 16.5. The number of halogens is 1. The number of nitrogens with zero attached hydrogens (tertiary/aromatic N) is 5. The first-order valence-corrected chi connectivity index (χ1v) is 21.0. The van der Waals surface area contributed by atoms with Gasteiger partial charge in [-0.15, -0.1) is 11.8 Å². The molecule has 12 nitrogen and oxygen atoms in total. The molecule has 1 aliphatic rings. The fourth-order valence-electron chi connectivity index (χ4n) is 6.69. The summed E-state index contributed by atoms with van der Waals surface area (Å²) in [6.07, 6.45) is 2.02. The largest absolute Gasteiger partial charge is 0.399 e. The Morgan fingerprint density at radius 2 is 1.68 bits per heavy atom. The molecule has 288 valence electrons. The second-order valence-corrected chi connectivity index (χ2v) is 16.9. The Kier molecular flexibility index (Phi) is 11.9. The molecule has 5 aromatic carbocycles. The van der Waals surface area contributed by atoms with Gasteiger partial charge in [-0.2, -0.15) is 0 Å². The summed E-state index contributed by atoms with van der Waals surface area (Å²) in [4.78, 5) is 25.7. The third-order valence-corrected chi connectivity index (χ3v) is 12.4. The van der Waals surface area contributed by atoms with Crippen LogP contribution in [-0.4, -0.2) is 66.2 Å². The summed E-state index contributed by atoms with van der Waals surface area (Å²) < 4.78 is 29.7. The number of aromatic nitrogens is 2. The van der Waals surface area contributed by atoms with Crippen molar-refractivity contribution < 1.29 is 13.3 Å². The van der Waals surface area contributed by atoms with Crippen molar-refractivity contribution in [1.29, 1.82) is 0 Å². The third kappa shape index (κ3) is 9.33. The van der Waals surface area contributed by atoms with Crippen LogP contribution in [0.15, 0.2) is 125 Å². The average molecular weight is 809 g/mol. The maximum atomic E-state index is 13.6. The van der Waals surface area contributed by atoms with E-state index in [1.165, 1.54) is 29.6 Å². The van der Waals surface area contributed by atoms with Gasteiger partial charge in [0, 0.05) is 71.5 Å². The summed E-state index contributed by atoms with van der Waals surface area (Å²) in [6, 6.07) is 33.4. The molecule has 7 rings (SSSR count). The van der Waals surface area contributed by atoms with E-state index in [0.29, 0.717) is 28.0 Å². The van der Waals surface area contributed by atoms with Crippen LogP contribution in [0.2, 0.25) is 5.02 Å². The number of thioether (sulfide) groups is 1. The summed E-state index contributed by atoms with van der Waals surface area (Å²) in [5.41, 5.74) is 11.5. The average Bonchev–Trinajstić information content (AvgIpc) is 3.19. The van der Waals surface area contributed by atoms with Crippen molar-refractivity contribution >= 4 is 72.9 Å². The zero-order valence-electron chi connectivity index (χ0n) is 30.6. The maximum Gasteiger partial charge on any atom is 0.293 e. The van der Waals surface area contributed by atoms with Crippen LogP contribution in [-0.2, 0) is 16.6 Å². The van der Waals surface area contributed by atoms with Crippen molar-refractivity contribution in [2.75, 3.05) is 52.6 Å². The highest BCUT2D eigenvalue weighted by molar-refractivity contribution is 7.99. The molecule has 56 heavy (non-hydrogen) atoms. The number of nitrogens with one attached hydrogen (secondary N) is 2. The number of hydrogen-bond donors (Lipinski definition) is 3. The standard InChI is InChI=1S/C41H41ClN8O4S2/c1-28(18-23-55-34-13-10-32(43)11-14-34)46-38-17-15-35(25-40(38)50(51)52)56(53,54)47-41-37-16-12-33(24-39(37)44-27-45-41)49-21-19-48(20-22-49)26-30-4-2-3-5-36(30)29-6-8-31(42)9-7-29/h2-17,24-25,27-28,46H,18-23,26,43H2,1H3,(H,44,45,47)/t28-/m1/s1. The van der Waals surface area contributed by atoms with Crippen LogP contribution in [0.4, 0.5) is 28.6 Å². The first-order valence-electron chi connectivity index (χ1n) is 18.1. The molecule has 4 N–H and O–H groups in total. The number of hydrogen-bond acceptors (Lipinski definition) is 11. The van der Waals surface area contributed by atoms with Gasteiger partial charge in [-0.1, -0.05) is 48.0 Å². The highest BCUT2D eigenvalue weighted by Crippen LogP contribution is 2.32. The molecule has 15 heteroatoms. The van der Waals surface area contributed by atoms with Crippen molar-refractivity contribution in [3.05, 3.63) is 136 Å². The molecule has 2 heterocycles. The maximum absolute atomic E-state index is 13.6. The molecule has 1 saturated heterocycles. The quantitative estimate of drug-likeness (QED) is 0.0419. The van der Waals surface area contributed by atoms with E-state index in [0.717, 1.165) is 60.7 Å². The van der Waals surface area contributed by atoms with Crippen LogP contribution in [0.1, 0.15) is 18.9 Å². The Labute approximate surface area is 335 Å². The predicted molar refractivity (Wildman–Crippen MR) is 227 cm³/mol. The van der Waals surface area contributed by atoms with Crippen molar-refractivity contribution in [3.63, 3.8) is 0 Å². The lowest BCUT2D eigenvalue weighted by atomic mass is 9.99. The van der Waals surface area contributed by atoms with Gasteiger partial charge < -0.3 is 16.0 Å². The molecule has 0 amide bonds. The number of benzene rings is 5. The number of piperazine rings is 1. The van der Waals surface area contributed by atoms with Gasteiger partial charge in [-0.3, -0.25) is 19.7 Å². The Hall–Kier alpha value is -5.41. The number of nitrogens with two attached hydrogens (primary N) is 1. The van der Waals surface area contributed by atoms with Gasteiger partial charge in [0.1, 0.15) is 12.0 Å². The van der Waals surface area contributed by atoms with Crippen LogP contribution >= 0.6 is 23.4 Å². The molecule has 0 spiro atoms. The van der Waals surface area contributed by atoms with E-state index in [1.807, 2.05) is 67.6 Å². The molecular weight excluding hydrogens is 768 g/mol. The Morgan fingerprint density at radius 3 is 2.43 bits per heavy atom. The Morgan fingerprint density at radius 1 is 0.929 bits per heavy atom. The monoisotopic (exact) mass is 808 g/mol. The van der Waals surface area contributed by atoms with E-state index in [2.05, 4.69) is 54.1 Å². The molecule has 1 aromatic heterocycles. The van der Waals surface area contributed by atoms with Gasteiger partial charge in [0.05, 0.1) is 15.3 Å². The molecular formula is C41H41ClN8O4S2. The molecule has 1 fully saturated rings. The van der Waals surface area contributed by atoms with Crippen molar-refractivity contribution in [2.24, 2.45) is 0 Å². The number of rotatable bonds is 14. The minimum absolute atomic E-state index is 0.0859. The minimum Gasteiger partial charge on any atom is -0.399 e. The molecule has 0 aliphatic carbocycles. The van der Waals surface area contributed by atoms with Crippen LogP contribution in [0.5, 0.6) is 0 Å². The SMILES string of the molecule is C[C@H](CCSc1ccc(N)cc1)Nc1ccc(S(=O)(=O)Nc2ncnc3cc(N4CCN(Cc5ccccc5-c5ccc(Cl)cc5)CC4)ccc23)cc1[N+](=O)[O-]. The lowest BCUT2D eigenvalue weighted by Crippen LogP contribution is -2.46. The second kappa shape index (κ2) is 17.2. The lowest BCUT2D eigenvalue weighted by molar-refractivity contribution is -0.384. The van der Waals surface area contributed by atoms with Gasteiger partial charge >= 0.3 is 0 Å². The Balaban J connectivity index is 0.988. The highest BCUT2D eigenvalue weighted by atomic mass is 35.5. The second-order valence-electron chi connectivity index (χ2n) is 13.6. The van der Waals surface area contributed by atoms with E-state index in [4.69, 9.17) is 17.3 Å². The number of sulfonamides is 1. The van der Waals surface area contributed by atoms with Crippen LogP contribution in [0.3, 0.4) is 0 Å². The predicted octanol–water partition coefficient (Wildman–Crippen LogP) is 8.55. The van der Waals surface area contributed by atoms with Crippen LogP contribution in [0, 0.1) is 10.1 Å². The first kappa shape index (κ1) is 38.8. The number of fused-ring (bicyclic) bond motifs is 1. The fourth-order valence-corrected chi connectivity index (χ4v) is 8.90. The van der Waals surface area contributed by atoms with Crippen molar-refractivity contribution in [3.8, 4) is 11.1 Å². The van der Waals surface area contributed by atoms with Gasteiger partial charge in [0.15, 0.2) is 5.82 Å². The van der Waals surface area contributed by atoms with Gasteiger partial charge in [-0.05, 0) is 103 Å². The van der Waals surface area contributed by atoms with E-state index >= 15 is 0 Å². The molecule has 0 unspecified atom stereocenters. The molecule has 1 aliphatic heterocycles. The fraction of sp³-hybridized carbons (Fsp3) is 0.220. The summed E-state index contributed by atoms with van der Waals surface area (Å²) in [7, 11) is -4.25. The normalized spacial score (nSPS) is 14.1. The summed E-state index contributed by atoms with van der Waals surface area (Å²) in [6.45, 7) is 6.10. The highest BCUT2D eigenvalue weighted by Gasteiger charge is 2.24. The van der Waals surface area contributed by atoms with Crippen LogP contribution in [0.25, 0.3) is 22.0 Å². The number of nitro groups is 1. The molecule has 0 bridgehead atoms. The van der Waals surface area contributed by atoms with Gasteiger partial charge in [-0.25, -0.2) is 18.4 Å². The Bertz CT molecular complexity index is 2450. The van der Waals surface area contributed by atoms with Crippen molar-refractivity contribution in [1.82, 2.24) is 14.9 Å². The zero-order valence-corrected chi connectivity index (χ0v) is 33.0. The number of nitrogen functional groups attached to an aromatic ring is 1. The van der Waals surface area contributed by atoms with E-state index in [-0.39, 0.29) is 28.1 Å². The summed E-state index contributed by atoms with van der Waals surface area (Å²) >= 11 is 7.79. The van der Waals surface area contributed by atoms with E-state index in [9.17, 15) is 18.5 Å². The first-order chi connectivity index (χ1) is 27.0. The topological polar surface area (TPSA) is 160 Å². The number of anilines is 4. The van der Waals surface area contributed by atoms with E-state index in [1.54, 1.807) is 17.8 Å². The molecule has 0 radical (unpaired) electrons. The molecule has 6 aromatic rings. The molecule has 0 saturated carbocycles. The van der Waals surface area contributed by atoms with Crippen LogP contribution < -0.4 is 20.7 Å². The van der Waals surface area contributed by atoms with Gasteiger partial charge in [0.25, 0.3) is 15.7 Å². The van der Waals surface area contributed by atoms with Crippen molar-refractivity contribution in [2.45, 2.75) is 35.7 Å². The number of nitro benzene ring substituents is 1. The smallest absolute Gasteiger partial charge is 0.293 e. The third-order valence-electron chi connectivity index (χ3n) is 9.73. The molecule has 1 atom stereocenters.